The molecule has 1 rings (SSSR count). The minimum absolute atomic E-state index is 0.197. The van der Waals surface area contributed by atoms with Gasteiger partial charge in [-0.3, -0.25) is 4.79 Å². The van der Waals surface area contributed by atoms with Crippen molar-refractivity contribution in [2.75, 3.05) is 38.3 Å². The van der Waals surface area contributed by atoms with E-state index in [0.717, 1.165) is 37.3 Å². The number of pyridine rings is 1. The summed E-state index contributed by atoms with van der Waals surface area (Å²) < 4.78 is 5.01. The number of ether oxygens (including phenoxy) is 1. The molecular formula is C15H26N4O2. The van der Waals surface area contributed by atoms with Crippen LogP contribution in [0.5, 0.6) is 0 Å². The van der Waals surface area contributed by atoms with Crippen LogP contribution in [0.4, 0.5) is 5.82 Å². The molecule has 1 aromatic heterocycles. The van der Waals surface area contributed by atoms with Crippen molar-refractivity contribution in [1.29, 1.82) is 0 Å². The van der Waals surface area contributed by atoms with E-state index in [9.17, 15) is 4.79 Å². The highest BCUT2D eigenvalue weighted by atomic mass is 16.5. The molecule has 0 saturated heterocycles. The largest absolute Gasteiger partial charge is 0.383 e. The fraction of sp³-hybridized carbons (Fsp3) is 0.600. The molecule has 0 spiro atoms. The molecule has 0 saturated carbocycles. The lowest BCUT2D eigenvalue weighted by molar-refractivity contribution is -0.116. The fourth-order valence-electron chi connectivity index (χ4n) is 2.05. The predicted molar refractivity (Wildman–Crippen MR) is 84.1 cm³/mol. The van der Waals surface area contributed by atoms with Crippen molar-refractivity contribution >= 4 is 11.7 Å². The Balaban J connectivity index is 2.77. The van der Waals surface area contributed by atoms with Gasteiger partial charge in [-0.1, -0.05) is 19.4 Å². The van der Waals surface area contributed by atoms with Crippen molar-refractivity contribution in [2.24, 2.45) is 5.73 Å². The molecule has 0 aliphatic rings. The number of nitrogens with two attached hydrogens (primary N) is 1. The van der Waals surface area contributed by atoms with Gasteiger partial charge in [0.1, 0.15) is 5.82 Å². The summed E-state index contributed by atoms with van der Waals surface area (Å²) in [5, 5.41) is 3.30. The molecule has 0 atom stereocenters. The number of amides is 1. The molecule has 1 amide bonds. The van der Waals surface area contributed by atoms with E-state index < -0.39 is 0 Å². The van der Waals surface area contributed by atoms with E-state index in [4.69, 9.17) is 10.5 Å². The van der Waals surface area contributed by atoms with Crippen LogP contribution in [0.2, 0.25) is 0 Å². The first-order valence-corrected chi connectivity index (χ1v) is 7.35. The first-order valence-electron chi connectivity index (χ1n) is 7.35. The lowest BCUT2D eigenvalue weighted by Gasteiger charge is -2.24. The van der Waals surface area contributed by atoms with Crippen molar-refractivity contribution in [3.63, 3.8) is 0 Å². The van der Waals surface area contributed by atoms with Gasteiger partial charge in [0.15, 0.2) is 0 Å². The highest BCUT2D eigenvalue weighted by molar-refractivity contribution is 5.79. The minimum Gasteiger partial charge on any atom is -0.383 e. The van der Waals surface area contributed by atoms with Crippen LogP contribution < -0.4 is 16.0 Å². The molecular weight excluding hydrogens is 268 g/mol. The van der Waals surface area contributed by atoms with E-state index in [-0.39, 0.29) is 12.5 Å². The zero-order valence-electron chi connectivity index (χ0n) is 13.0. The fourth-order valence-corrected chi connectivity index (χ4v) is 2.05. The van der Waals surface area contributed by atoms with Crippen LogP contribution in [-0.4, -0.2) is 44.2 Å². The molecule has 0 fully saturated rings. The minimum atomic E-state index is -0.338. The third kappa shape index (κ3) is 6.55. The molecule has 6 heteroatoms. The summed E-state index contributed by atoms with van der Waals surface area (Å²) in [6, 6.07) is 3.92. The van der Waals surface area contributed by atoms with Gasteiger partial charge in [0.05, 0.1) is 13.2 Å². The number of aromatic nitrogens is 1. The topological polar surface area (TPSA) is 80.5 Å². The molecule has 1 heterocycles. The zero-order valence-corrected chi connectivity index (χ0v) is 13.0. The van der Waals surface area contributed by atoms with Gasteiger partial charge in [0.25, 0.3) is 0 Å². The van der Waals surface area contributed by atoms with Crippen molar-refractivity contribution in [2.45, 2.75) is 26.3 Å². The smallest absolute Gasteiger partial charge is 0.236 e. The number of nitrogens with zero attached hydrogens (tertiary/aromatic N) is 2. The molecule has 0 aromatic carbocycles. The second-order valence-corrected chi connectivity index (χ2v) is 4.90. The molecule has 21 heavy (non-hydrogen) atoms. The van der Waals surface area contributed by atoms with Crippen LogP contribution in [-0.2, 0) is 16.1 Å². The Kier molecular flexibility index (Phi) is 8.38. The van der Waals surface area contributed by atoms with E-state index in [1.807, 2.05) is 17.0 Å². The van der Waals surface area contributed by atoms with Crippen LogP contribution in [0.1, 0.15) is 25.3 Å². The number of carbonyl (C=O) groups is 1. The van der Waals surface area contributed by atoms with Crippen LogP contribution in [0.15, 0.2) is 18.3 Å². The maximum atomic E-state index is 11.3. The predicted octanol–water partition coefficient (Wildman–Crippen LogP) is 0.909. The number of hydrogen-bond acceptors (Lipinski definition) is 5. The van der Waals surface area contributed by atoms with E-state index in [2.05, 4.69) is 17.2 Å². The monoisotopic (exact) mass is 294 g/mol. The summed E-state index contributed by atoms with van der Waals surface area (Å²) in [5.74, 6) is 0.490. The quantitative estimate of drug-likeness (QED) is 0.593. The Labute approximate surface area is 126 Å². The lowest BCUT2D eigenvalue weighted by Crippen LogP contribution is -2.36. The summed E-state index contributed by atoms with van der Waals surface area (Å²) in [5.41, 5.74) is 6.41. The summed E-state index contributed by atoms with van der Waals surface area (Å²) in [4.78, 5) is 17.7. The second kappa shape index (κ2) is 10.1. The van der Waals surface area contributed by atoms with Gasteiger partial charge < -0.3 is 20.7 Å². The number of hydrogen-bond donors (Lipinski definition) is 2. The number of primary amides is 1. The second-order valence-electron chi connectivity index (χ2n) is 4.90. The van der Waals surface area contributed by atoms with Crippen LogP contribution in [0, 0.1) is 0 Å². The van der Waals surface area contributed by atoms with Gasteiger partial charge in [-0.25, -0.2) is 4.98 Å². The molecule has 0 bridgehead atoms. The first kappa shape index (κ1) is 17.4. The third-order valence-electron chi connectivity index (χ3n) is 3.09. The molecule has 0 radical (unpaired) electrons. The van der Waals surface area contributed by atoms with Gasteiger partial charge in [0, 0.05) is 38.5 Å². The SMILES string of the molecule is CCCCN(CC(N)=O)c1ncccc1CNCCOC. The summed E-state index contributed by atoms with van der Waals surface area (Å²) in [6.07, 6.45) is 3.80. The van der Waals surface area contributed by atoms with Crippen LogP contribution >= 0.6 is 0 Å². The Hall–Kier alpha value is -1.66. The van der Waals surface area contributed by atoms with Crippen molar-refractivity contribution < 1.29 is 9.53 Å². The van der Waals surface area contributed by atoms with Gasteiger partial charge in [-0.15, -0.1) is 0 Å². The maximum Gasteiger partial charge on any atom is 0.236 e. The highest BCUT2D eigenvalue weighted by Crippen LogP contribution is 2.17. The Bertz CT molecular complexity index is 426. The summed E-state index contributed by atoms with van der Waals surface area (Å²) >= 11 is 0. The molecule has 0 aliphatic heterocycles. The van der Waals surface area contributed by atoms with E-state index in [0.29, 0.717) is 13.2 Å². The summed E-state index contributed by atoms with van der Waals surface area (Å²) in [6.45, 7) is 5.22. The van der Waals surface area contributed by atoms with E-state index >= 15 is 0 Å². The van der Waals surface area contributed by atoms with E-state index in [1.54, 1.807) is 13.3 Å². The summed E-state index contributed by atoms with van der Waals surface area (Å²) in [7, 11) is 1.68. The van der Waals surface area contributed by atoms with Crippen molar-refractivity contribution in [3.05, 3.63) is 23.9 Å². The number of unbranched alkanes of at least 4 members (excludes halogenated alkanes) is 1. The van der Waals surface area contributed by atoms with Crippen molar-refractivity contribution in [3.8, 4) is 0 Å². The molecule has 0 unspecified atom stereocenters. The number of rotatable bonds is 11. The van der Waals surface area contributed by atoms with Crippen LogP contribution in [0.25, 0.3) is 0 Å². The Morgan fingerprint density at radius 2 is 2.33 bits per heavy atom. The molecule has 6 nitrogen and oxygen atoms in total. The average molecular weight is 294 g/mol. The first-order chi connectivity index (χ1) is 10.2. The maximum absolute atomic E-state index is 11.3. The molecule has 1 aromatic rings. The number of carbonyl (C=O) groups excluding carboxylic acids is 1. The lowest BCUT2D eigenvalue weighted by atomic mass is 10.2. The average Bonchev–Trinajstić information content (AvgIpc) is 2.48. The van der Waals surface area contributed by atoms with Crippen molar-refractivity contribution in [1.82, 2.24) is 10.3 Å². The van der Waals surface area contributed by atoms with Gasteiger partial charge in [-0.05, 0) is 12.5 Å². The molecule has 0 aliphatic carbocycles. The number of nitrogens with one attached hydrogen (secondary N) is 1. The van der Waals surface area contributed by atoms with Gasteiger partial charge in [0.2, 0.25) is 5.91 Å². The molecule has 3 N–H and O–H groups in total. The van der Waals surface area contributed by atoms with Gasteiger partial charge >= 0.3 is 0 Å². The Morgan fingerprint density at radius 1 is 1.52 bits per heavy atom. The molecule has 118 valence electrons. The number of methoxy groups -OCH3 is 1. The van der Waals surface area contributed by atoms with E-state index in [1.165, 1.54) is 0 Å². The zero-order chi connectivity index (χ0) is 15.5. The Morgan fingerprint density at radius 3 is 3.00 bits per heavy atom. The normalized spacial score (nSPS) is 10.6. The number of anilines is 1. The standard InChI is InChI=1S/C15H26N4O2/c1-3-4-9-19(12-14(16)20)15-13(6-5-7-18-15)11-17-8-10-21-2/h5-7,17H,3-4,8-12H2,1-2H3,(H2,16,20). The van der Waals surface area contributed by atoms with Crippen LogP contribution in [0.3, 0.4) is 0 Å². The highest BCUT2D eigenvalue weighted by Gasteiger charge is 2.14. The van der Waals surface area contributed by atoms with Gasteiger partial charge in [-0.2, -0.15) is 0 Å². The third-order valence-corrected chi connectivity index (χ3v) is 3.09.